The highest BCUT2D eigenvalue weighted by Gasteiger charge is 2.46. The van der Waals surface area contributed by atoms with Crippen LogP contribution in [0.25, 0.3) is 5.76 Å². The topological polar surface area (TPSA) is 80.0 Å². The monoisotopic (exact) mass is 443 g/mol. The Labute approximate surface area is 192 Å². The third-order valence-corrected chi connectivity index (χ3v) is 5.65. The lowest BCUT2D eigenvalue weighted by Gasteiger charge is -2.24. The van der Waals surface area contributed by atoms with Gasteiger partial charge in [0.25, 0.3) is 11.7 Å². The van der Waals surface area contributed by atoms with Crippen LogP contribution in [0.15, 0.2) is 89.6 Å². The molecule has 0 bridgehead atoms. The first-order valence-electron chi connectivity index (χ1n) is 10.8. The van der Waals surface area contributed by atoms with Crippen LogP contribution in [0.2, 0.25) is 0 Å². The predicted molar refractivity (Wildman–Crippen MR) is 125 cm³/mol. The van der Waals surface area contributed by atoms with Gasteiger partial charge in [-0.05, 0) is 53.9 Å². The van der Waals surface area contributed by atoms with E-state index in [9.17, 15) is 14.7 Å². The molecule has 3 aromatic rings. The van der Waals surface area contributed by atoms with Gasteiger partial charge in [-0.2, -0.15) is 0 Å². The lowest BCUT2D eigenvalue weighted by molar-refractivity contribution is -0.140. The van der Waals surface area contributed by atoms with Crippen LogP contribution in [0.1, 0.15) is 35.4 Å². The predicted octanol–water partition coefficient (Wildman–Crippen LogP) is 5.03. The van der Waals surface area contributed by atoms with Gasteiger partial charge in [0.2, 0.25) is 0 Å². The minimum atomic E-state index is -0.738. The zero-order valence-corrected chi connectivity index (χ0v) is 18.4. The first-order chi connectivity index (χ1) is 16.0. The van der Waals surface area contributed by atoms with Crippen molar-refractivity contribution in [3.63, 3.8) is 0 Å². The highest BCUT2D eigenvalue weighted by molar-refractivity contribution is 6.46. The van der Waals surface area contributed by atoms with Gasteiger partial charge in [-0.25, -0.2) is 0 Å². The number of amides is 1. The van der Waals surface area contributed by atoms with Crippen LogP contribution in [0.5, 0.6) is 5.75 Å². The quantitative estimate of drug-likeness (QED) is 0.229. The van der Waals surface area contributed by atoms with E-state index in [1.54, 1.807) is 42.5 Å². The van der Waals surface area contributed by atoms with Crippen LogP contribution in [-0.4, -0.2) is 28.3 Å². The standard InChI is InChI=1S/C27H25NO5/c1-3-15-32-21-13-11-20(12-14-21)25(29)23-24(19-9-7-18(4-2)8-10-19)28(27(31)26(23)30)17-22-6-5-16-33-22/h3,5-14,16,24,29H,1,4,15,17H2,2H3/b25-23-. The Morgan fingerprint density at radius 3 is 2.45 bits per heavy atom. The van der Waals surface area contributed by atoms with Crippen LogP contribution in [-0.2, 0) is 22.6 Å². The number of aliphatic hydroxyl groups excluding tert-OH is 1. The van der Waals surface area contributed by atoms with Crippen LogP contribution in [0, 0.1) is 0 Å². The van der Waals surface area contributed by atoms with E-state index in [2.05, 4.69) is 13.5 Å². The van der Waals surface area contributed by atoms with E-state index in [4.69, 9.17) is 9.15 Å². The van der Waals surface area contributed by atoms with E-state index in [-0.39, 0.29) is 17.9 Å². The van der Waals surface area contributed by atoms with Gasteiger partial charge in [-0.15, -0.1) is 0 Å². The SMILES string of the molecule is C=CCOc1ccc(/C(O)=C2/C(=O)C(=O)N(Cc3ccco3)C2c2ccc(CC)cc2)cc1. The number of hydrogen-bond donors (Lipinski definition) is 1. The number of carbonyl (C=O) groups excluding carboxylic acids is 2. The molecule has 1 atom stereocenters. The Morgan fingerprint density at radius 2 is 1.85 bits per heavy atom. The summed E-state index contributed by atoms with van der Waals surface area (Å²) in [4.78, 5) is 27.6. The average molecular weight is 443 g/mol. The summed E-state index contributed by atoms with van der Waals surface area (Å²) in [5.41, 5.74) is 2.35. The smallest absolute Gasteiger partial charge is 0.296 e. The van der Waals surface area contributed by atoms with Crippen molar-refractivity contribution in [1.29, 1.82) is 0 Å². The zero-order chi connectivity index (χ0) is 23.4. The molecule has 1 fully saturated rings. The summed E-state index contributed by atoms with van der Waals surface area (Å²) in [6.07, 6.45) is 4.03. The zero-order valence-electron chi connectivity index (χ0n) is 18.4. The number of likely N-dealkylation sites (tertiary alicyclic amines) is 1. The number of rotatable bonds is 8. The number of Topliss-reactive ketones (excluding diaryl/α,β-unsaturated/α-hetero) is 1. The molecule has 0 aliphatic carbocycles. The molecule has 33 heavy (non-hydrogen) atoms. The molecule has 6 heteroatoms. The third-order valence-electron chi connectivity index (χ3n) is 5.65. The van der Waals surface area contributed by atoms with E-state index in [0.717, 1.165) is 17.5 Å². The van der Waals surface area contributed by atoms with Gasteiger partial charge in [0, 0.05) is 5.56 Å². The fourth-order valence-corrected chi connectivity index (χ4v) is 3.92. The second-order valence-electron chi connectivity index (χ2n) is 7.73. The Hall–Kier alpha value is -4.06. The fourth-order valence-electron chi connectivity index (χ4n) is 3.92. The molecular formula is C27H25NO5. The molecule has 1 unspecified atom stereocenters. The molecule has 0 saturated carbocycles. The molecule has 1 N–H and O–H groups in total. The van der Waals surface area contributed by atoms with Crippen molar-refractivity contribution in [2.75, 3.05) is 6.61 Å². The summed E-state index contributed by atoms with van der Waals surface area (Å²) < 4.78 is 10.9. The highest BCUT2D eigenvalue weighted by Crippen LogP contribution is 2.40. The molecule has 0 radical (unpaired) electrons. The average Bonchev–Trinajstić information content (AvgIpc) is 3.45. The molecule has 168 valence electrons. The number of carbonyl (C=O) groups is 2. The van der Waals surface area contributed by atoms with Gasteiger partial charge in [-0.1, -0.05) is 43.8 Å². The summed E-state index contributed by atoms with van der Waals surface area (Å²) in [7, 11) is 0. The van der Waals surface area contributed by atoms with Crippen molar-refractivity contribution in [2.45, 2.75) is 25.9 Å². The van der Waals surface area contributed by atoms with Gasteiger partial charge in [-0.3, -0.25) is 9.59 Å². The van der Waals surface area contributed by atoms with E-state index in [1.165, 1.54) is 11.2 Å². The summed E-state index contributed by atoms with van der Waals surface area (Å²) in [6, 6.07) is 17.2. The third kappa shape index (κ3) is 4.46. The molecule has 1 aliphatic heterocycles. The van der Waals surface area contributed by atoms with E-state index in [0.29, 0.717) is 23.7 Å². The van der Waals surface area contributed by atoms with Gasteiger partial charge in [0.1, 0.15) is 23.9 Å². The first-order valence-corrected chi connectivity index (χ1v) is 10.8. The first kappa shape index (κ1) is 22.1. The molecule has 1 aliphatic rings. The molecule has 1 amide bonds. The maximum absolute atomic E-state index is 13.1. The summed E-state index contributed by atoms with van der Waals surface area (Å²) in [6.45, 7) is 6.15. The lowest BCUT2D eigenvalue weighted by Crippen LogP contribution is -2.29. The van der Waals surface area contributed by atoms with Gasteiger partial charge >= 0.3 is 0 Å². The molecule has 0 spiro atoms. The second-order valence-corrected chi connectivity index (χ2v) is 7.73. The molecule has 2 aromatic carbocycles. The van der Waals surface area contributed by atoms with Crippen molar-refractivity contribution in [1.82, 2.24) is 4.90 Å². The molecule has 1 saturated heterocycles. The van der Waals surface area contributed by atoms with Crippen LogP contribution < -0.4 is 4.74 Å². The maximum atomic E-state index is 13.1. The fraction of sp³-hybridized carbons (Fsp3) is 0.185. The van der Waals surface area contributed by atoms with Crippen molar-refractivity contribution < 1.29 is 23.8 Å². The Bertz CT molecular complexity index is 1170. The van der Waals surface area contributed by atoms with Crippen molar-refractivity contribution >= 4 is 17.4 Å². The van der Waals surface area contributed by atoms with Crippen LogP contribution in [0.4, 0.5) is 0 Å². The van der Waals surface area contributed by atoms with Crippen LogP contribution >= 0.6 is 0 Å². The number of ketones is 1. The van der Waals surface area contributed by atoms with Crippen LogP contribution in [0.3, 0.4) is 0 Å². The highest BCUT2D eigenvalue weighted by atomic mass is 16.5. The maximum Gasteiger partial charge on any atom is 0.296 e. The number of aliphatic hydroxyl groups is 1. The van der Waals surface area contributed by atoms with Crippen molar-refractivity contribution in [3.05, 3.63) is 108 Å². The number of nitrogens with zero attached hydrogens (tertiary/aromatic N) is 1. The minimum absolute atomic E-state index is 0.0514. The van der Waals surface area contributed by atoms with Gasteiger partial charge in [0.15, 0.2) is 0 Å². The Kier molecular flexibility index (Phi) is 6.45. The number of aryl methyl sites for hydroxylation is 1. The lowest BCUT2D eigenvalue weighted by atomic mass is 9.94. The molecule has 4 rings (SSSR count). The summed E-state index contributed by atoms with van der Waals surface area (Å²) in [5.74, 6) is -0.471. The largest absolute Gasteiger partial charge is 0.507 e. The van der Waals surface area contributed by atoms with Crippen molar-refractivity contribution in [3.8, 4) is 5.75 Å². The second kappa shape index (κ2) is 9.61. The molecule has 1 aromatic heterocycles. The van der Waals surface area contributed by atoms with Crippen molar-refractivity contribution in [2.24, 2.45) is 0 Å². The summed E-state index contributed by atoms with van der Waals surface area (Å²) >= 11 is 0. The number of ether oxygens (including phenoxy) is 1. The van der Waals surface area contributed by atoms with E-state index in [1.807, 2.05) is 24.3 Å². The minimum Gasteiger partial charge on any atom is -0.507 e. The summed E-state index contributed by atoms with van der Waals surface area (Å²) in [5, 5.41) is 11.2. The molecular weight excluding hydrogens is 418 g/mol. The van der Waals surface area contributed by atoms with E-state index >= 15 is 0 Å². The van der Waals surface area contributed by atoms with Gasteiger partial charge in [0.05, 0.1) is 24.4 Å². The molecule has 2 heterocycles. The Morgan fingerprint density at radius 1 is 1.12 bits per heavy atom. The molecule has 6 nitrogen and oxygen atoms in total. The number of furan rings is 1. The van der Waals surface area contributed by atoms with Gasteiger partial charge < -0.3 is 19.2 Å². The normalized spacial score (nSPS) is 17.4. The number of benzene rings is 2. The van der Waals surface area contributed by atoms with E-state index < -0.39 is 17.7 Å². The Balaban J connectivity index is 1.78. The number of hydrogen-bond acceptors (Lipinski definition) is 5.